The molecule has 1 aliphatic heterocycles. The monoisotopic (exact) mass is 483 g/mol. The Morgan fingerprint density at radius 1 is 1.68 bits per heavy atom. The topological polar surface area (TPSA) is 84.5 Å². The highest BCUT2D eigenvalue weighted by Gasteiger charge is 2.39. The van der Waals surface area contributed by atoms with Crippen molar-refractivity contribution in [2.45, 2.75) is 18.6 Å². The molecule has 2 aromatic rings. The minimum absolute atomic E-state index is 0. The Kier molecular flexibility index (Phi) is 4.97. The summed E-state index contributed by atoms with van der Waals surface area (Å²) in [5.74, 6) is -0.601. The molecule has 1 fully saturated rings. The van der Waals surface area contributed by atoms with Gasteiger partial charge in [0.25, 0.3) is 5.91 Å². The van der Waals surface area contributed by atoms with E-state index in [1.807, 2.05) is 0 Å². The molecule has 1 saturated heterocycles. The molecule has 0 bridgehead atoms. The van der Waals surface area contributed by atoms with Crippen molar-refractivity contribution in [2.24, 2.45) is 5.73 Å². The van der Waals surface area contributed by atoms with E-state index in [1.54, 1.807) is 16.8 Å². The van der Waals surface area contributed by atoms with Crippen molar-refractivity contribution in [1.29, 1.82) is 0 Å². The summed E-state index contributed by atoms with van der Waals surface area (Å²) in [5.41, 5.74) is 5.42. The lowest BCUT2D eigenvalue weighted by atomic mass is 10.0. The summed E-state index contributed by atoms with van der Waals surface area (Å²) >= 11 is 3.36. The summed E-state index contributed by atoms with van der Waals surface area (Å²) in [6.07, 6.45) is 3.15. The molecule has 2 aromatic heterocycles. The Morgan fingerprint density at radius 3 is 3.00 bits per heavy atom. The molecule has 0 unspecified atom stereocenters. The number of carbonyl (C=O) groups is 1. The standard InChI is InChI=1S/C13H15BrFN5O.HI/c1-13(15)6-17-4-10(13)19-11-8(12(16)21)3-18-20-5-7(14)2-9(11)20;/h2-3,5,10,17,19H,4,6H2,1H3,(H2,16,21);1H/t10-,13+;/m1./s1. The van der Waals surface area contributed by atoms with Gasteiger partial charge >= 0.3 is 0 Å². The largest absolute Gasteiger partial charge is 0.375 e. The average Bonchev–Trinajstić information content (AvgIpc) is 2.92. The smallest absolute Gasteiger partial charge is 0.252 e. The van der Waals surface area contributed by atoms with Crippen LogP contribution in [0.2, 0.25) is 0 Å². The lowest BCUT2D eigenvalue weighted by Crippen LogP contribution is -2.40. The molecule has 9 heteroatoms. The number of anilines is 1. The normalized spacial score (nSPS) is 24.2. The molecule has 0 aliphatic carbocycles. The van der Waals surface area contributed by atoms with Crippen molar-refractivity contribution in [3.8, 4) is 0 Å². The molecule has 6 nitrogen and oxygen atoms in total. The summed E-state index contributed by atoms with van der Waals surface area (Å²) in [7, 11) is 0. The molecule has 3 heterocycles. The van der Waals surface area contributed by atoms with Gasteiger partial charge in [0, 0.05) is 23.8 Å². The van der Waals surface area contributed by atoms with E-state index in [1.165, 1.54) is 13.1 Å². The number of halogens is 3. The number of fused-ring (bicyclic) bond motifs is 1. The molecule has 0 spiro atoms. The third-order valence-corrected chi connectivity index (χ3v) is 4.17. The van der Waals surface area contributed by atoms with Crippen molar-refractivity contribution in [3.63, 3.8) is 0 Å². The number of rotatable bonds is 3. The zero-order valence-corrected chi connectivity index (χ0v) is 15.7. The van der Waals surface area contributed by atoms with Crippen LogP contribution in [0.4, 0.5) is 10.1 Å². The number of primary amides is 1. The summed E-state index contributed by atoms with van der Waals surface area (Å²) in [6.45, 7) is 2.27. The average molecular weight is 484 g/mol. The van der Waals surface area contributed by atoms with Crippen LogP contribution < -0.4 is 16.4 Å². The number of hydrogen-bond donors (Lipinski definition) is 3. The number of amides is 1. The Morgan fingerprint density at radius 2 is 2.41 bits per heavy atom. The van der Waals surface area contributed by atoms with E-state index in [-0.39, 0.29) is 36.1 Å². The van der Waals surface area contributed by atoms with Crippen LogP contribution in [-0.4, -0.2) is 40.3 Å². The fourth-order valence-electron chi connectivity index (χ4n) is 2.54. The number of nitrogens with two attached hydrogens (primary N) is 1. The minimum Gasteiger partial charge on any atom is -0.375 e. The molecular weight excluding hydrogens is 468 g/mol. The molecule has 0 saturated carbocycles. The highest BCUT2D eigenvalue weighted by molar-refractivity contribution is 14.0. The van der Waals surface area contributed by atoms with Crippen molar-refractivity contribution in [1.82, 2.24) is 14.9 Å². The number of alkyl halides is 1. The van der Waals surface area contributed by atoms with Crippen LogP contribution in [0, 0.1) is 0 Å². The van der Waals surface area contributed by atoms with E-state index in [9.17, 15) is 9.18 Å². The number of carbonyl (C=O) groups excluding carboxylic acids is 1. The third-order valence-electron chi connectivity index (χ3n) is 3.73. The molecular formula is C13H16BrFIN5O. The fourth-order valence-corrected chi connectivity index (χ4v) is 2.95. The zero-order valence-electron chi connectivity index (χ0n) is 11.8. The van der Waals surface area contributed by atoms with Crippen LogP contribution in [-0.2, 0) is 0 Å². The van der Waals surface area contributed by atoms with Crippen molar-refractivity contribution in [3.05, 3.63) is 28.5 Å². The first-order chi connectivity index (χ1) is 9.88. The highest BCUT2D eigenvalue weighted by atomic mass is 127. The van der Waals surface area contributed by atoms with Crippen LogP contribution >= 0.6 is 39.9 Å². The second kappa shape index (κ2) is 6.28. The summed E-state index contributed by atoms with van der Waals surface area (Å²) < 4.78 is 16.8. The minimum atomic E-state index is -1.40. The molecule has 1 amide bonds. The Hall–Kier alpha value is -0.940. The van der Waals surface area contributed by atoms with Crippen LogP contribution in [0.25, 0.3) is 5.52 Å². The van der Waals surface area contributed by atoms with E-state index >= 15 is 0 Å². The van der Waals surface area contributed by atoms with E-state index < -0.39 is 17.6 Å². The first kappa shape index (κ1) is 17.4. The van der Waals surface area contributed by atoms with Gasteiger partial charge < -0.3 is 16.4 Å². The summed E-state index contributed by atoms with van der Waals surface area (Å²) in [4.78, 5) is 11.6. The Labute approximate surface area is 152 Å². The maximum absolute atomic E-state index is 14.4. The van der Waals surface area contributed by atoms with Gasteiger partial charge in [0.2, 0.25) is 0 Å². The van der Waals surface area contributed by atoms with Gasteiger partial charge in [0.15, 0.2) is 0 Å². The van der Waals surface area contributed by atoms with E-state index in [0.29, 0.717) is 17.7 Å². The van der Waals surface area contributed by atoms with Crippen molar-refractivity contribution >= 4 is 57.0 Å². The zero-order chi connectivity index (χ0) is 15.2. The second-order valence-corrected chi connectivity index (χ2v) is 6.31. The van der Waals surface area contributed by atoms with Crippen LogP contribution in [0.3, 0.4) is 0 Å². The Balaban J connectivity index is 0.00000176. The summed E-state index contributed by atoms with van der Waals surface area (Å²) in [6, 6.07) is 1.36. The van der Waals surface area contributed by atoms with Crippen molar-refractivity contribution < 1.29 is 9.18 Å². The van der Waals surface area contributed by atoms with Gasteiger partial charge in [-0.3, -0.25) is 4.79 Å². The van der Waals surface area contributed by atoms with E-state index in [2.05, 4.69) is 31.7 Å². The third kappa shape index (κ3) is 3.06. The maximum atomic E-state index is 14.4. The maximum Gasteiger partial charge on any atom is 0.252 e. The van der Waals surface area contributed by atoms with Gasteiger partial charge in [-0.05, 0) is 28.9 Å². The van der Waals surface area contributed by atoms with Gasteiger partial charge in [-0.25, -0.2) is 8.91 Å². The highest BCUT2D eigenvalue weighted by Crippen LogP contribution is 2.29. The molecule has 22 heavy (non-hydrogen) atoms. The quantitative estimate of drug-likeness (QED) is 0.582. The molecule has 2 atom stereocenters. The molecule has 3 rings (SSSR count). The molecule has 120 valence electrons. The van der Waals surface area contributed by atoms with E-state index in [0.717, 1.165) is 4.47 Å². The SMILES string of the molecule is C[C@]1(F)CNC[C@H]1Nc1c(C(N)=O)cnn2cc(Br)cc12.I. The van der Waals surface area contributed by atoms with Crippen LogP contribution in [0.15, 0.2) is 22.9 Å². The van der Waals surface area contributed by atoms with Gasteiger partial charge in [-0.1, -0.05) is 0 Å². The van der Waals surface area contributed by atoms with Gasteiger partial charge in [0.05, 0.1) is 29.0 Å². The number of nitrogens with one attached hydrogen (secondary N) is 2. The van der Waals surface area contributed by atoms with Crippen molar-refractivity contribution in [2.75, 3.05) is 18.4 Å². The van der Waals surface area contributed by atoms with Crippen LogP contribution in [0.1, 0.15) is 17.3 Å². The molecule has 1 aliphatic rings. The predicted molar refractivity (Wildman–Crippen MR) is 96.6 cm³/mol. The fraction of sp³-hybridized carbons (Fsp3) is 0.385. The number of nitrogens with zero attached hydrogens (tertiary/aromatic N) is 2. The number of aromatic nitrogens is 2. The van der Waals surface area contributed by atoms with Crippen LogP contribution in [0.5, 0.6) is 0 Å². The summed E-state index contributed by atoms with van der Waals surface area (Å²) in [5, 5.41) is 10.2. The van der Waals surface area contributed by atoms with Gasteiger partial charge in [-0.15, -0.1) is 24.0 Å². The van der Waals surface area contributed by atoms with E-state index in [4.69, 9.17) is 5.73 Å². The molecule has 0 radical (unpaired) electrons. The Bertz CT molecular complexity index is 720. The molecule has 0 aromatic carbocycles. The number of hydrogen-bond acceptors (Lipinski definition) is 4. The second-order valence-electron chi connectivity index (χ2n) is 5.39. The molecule has 4 N–H and O–H groups in total. The van der Waals surface area contributed by atoms with Gasteiger partial charge in [0.1, 0.15) is 5.67 Å². The first-order valence-corrected chi connectivity index (χ1v) is 7.30. The predicted octanol–water partition coefficient (Wildman–Crippen LogP) is 1.93. The van der Waals surface area contributed by atoms with Gasteiger partial charge in [-0.2, -0.15) is 5.10 Å². The first-order valence-electron chi connectivity index (χ1n) is 6.51. The lowest BCUT2D eigenvalue weighted by Gasteiger charge is -2.25. The lowest BCUT2D eigenvalue weighted by molar-refractivity contribution is 0.1000.